The molecular formula is C14H18N2O4. The largest absolute Gasteiger partial charge is 0.478 e. The number of carbonyl (C=O) groups is 2. The summed E-state index contributed by atoms with van der Waals surface area (Å²) in [7, 11) is 1.62. The van der Waals surface area contributed by atoms with Crippen LogP contribution in [0.1, 0.15) is 22.3 Å². The van der Waals surface area contributed by atoms with E-state index in [9.17, 15) is 14.7 Å². The minimum Gasteiger partial charge on any atom is -0.478 e. The van der Waals surface area contributed by atoms with E-state index in [4.69, 9.17) is 5.11 Å². The molecule has 0 spiro atoms. The number of urea groups is 1. The molecule has 0 bridgehead atoms. The number of carboxylic acids is 1. The Morgan fingerprint density at radius 2 is 2.15 bits per heavy atom. The third kappa shape index (κ3) is 2.60. The average molecular weight is 278 g/mol. The van der Waals surface area contributed by atoms with Gasteiger partial charge in [0.15, 0.2) is 0 Å². The predicted molar refractivity (Wildman–Crippen MR) is 74.2 cm³/mol. The molecule has 0 radical (unpaired) electrons. The van der Waals surface area contributed by atoms with Crippen molar-refractivity contribution in [2.45, 2.75) is 12.8 Å². The van der Waals surface area contributed by atoms with Crippen LogP contribution in [0.2, 0.25) is 0 Å². The summed E-state index contributed by atoms with van der Waals surface area (Å²) in [6, 6.07) is 4.76. The summed E-state index contributed by atoms with van der Waals surface area (Å²) in [6.45, 7) is 0.714. The minimum atomic E-state index is -0.972. The van der Waals surface area contributed by atoms with Crippen molar-refractivity contribution in [3.8, 4) is 0 Å². The standard InChI is InChI=1S/C14H18N2O4/c1-15(8-9-17)14(20)16-7-3-5-10-11(13(18)19)4-2-6-12(10)16/h2,4,6,17H,3,5,7-9H2,1H3,(H,18,19). The summed E-state index contributed by atoms with van der Waals surface area (Å²) in [5.74, 6) is -0.972. The van der Waals surface area contributed by atoms with Gasteiger partial charge in [-0.15, -0.1) is 0 Å². The Balaban J connectivity index is 2.36. The number of hydrogen-bond acceptors (Lipinski definition) is 3. The number of benzene rings is 1. The van der Waals surface area contributed by atoms with E-state index in [1.54, 1.807) is 30.1 Å². The number of aliphatic hydroxyl groups excluding tert-OH is 1. The second kappa shape index (κ2) is 5.92. The van der Waals surface area contributed by atoms with Crippen molar-refractivity contribution in [3.05, 3.63) is 29.3 Å². The lowest BCUT2D eigenvalue weighted by molar-refractivity contribution is 0.0695. The van der Waals surface area contributed by atoms with Gasteiger partial charge in [0.25, 0.3) is 0 Å². The number of aromatic carboxylic acids is 1. The molecule has 0 saturated heterocycles. The van der Waals surface area contributed by atoms with Crippen LogP contribution in [0.4, 0.5) is 10.5 Å². The predicted octanol–water partition coefficient (Wildman–Crippen LogP) is 1.18. The summed E-state index contributed by atoms with van der Waals surface area (Å²) < 4.78 is 0. The molecule has 0 aliphatic carbocycles. The average Bonchev–Trinajstić information content (AvgIpc) is 2.45. The van der Waals surface area contributed by atoms with E-state index in [0.29, 0.717) is 24.2 Å². The summed E-state index contributed by atoms with van der Waals surface area (Å²) in [5.41, 5.74) is 1.62. The van der Waals surface area contributed by atoms with Crippen molar-refractivity contribution < 1.29 is 19.8 Å². The molecular weight excluding hydrogens is 260 g/mol. The van der Waals surface area contributed by atoms with E-state index < -0.39 is 5.97 Å². The van der Waals surface area contributed by atoms with Crippen LogP contribution in [-0.4, -0.2) is 53.9 Å². The molecule has 20 heavy (non-hydrogen) atoms. The monoisotopic (exact) mass is 278 g/mol. The van der Waals surface area contributed by atoms with Crippen molar-refractivity contribution in [3.63, 3.8) is 0 Å². The molecule has 1 aliphatic heterocycles. The molecule has 1 aliphatic rings. The van der Waals surface area contributed by atoms with Crippen LogP contribution in [0.5, 0.6) is 0 Å². The topological polar surface area (TPSA) is 81.1 Å². The van der Waals surface area contributed by atoms with E-state index in [0.717, 1.165) is 6.42 Å². The van der Waals surface area contributed by atoms with Crippen LogP contribution in [-0.2, 0) is 6.42 Å². The molecule has 108 valence electrons. The number of fused-ring (bicyclic) bond motifs is 1. The lowest BCUT2D eigenvalue weighted by Gasteiger charge is -2.33. The normalized spacial score (nSPS) is 13.8. The molecule has 6 heteroatoms. The zero-order valence-electron chi connectivity index (χ0n) is 11.4. The second-order valence-electron chi connectivity index (χ2n) is 4.79. The number of anilines is 1. The fraction of sp³-hybridized carbons (Fsp3) is 0.429. The van der Waals surface area contributed by atoms with Gasteiger partial charge in [-0.2, -0.15) is 0 Å². The van der Waals surface area contributed by atoms with Crippen LogP contribution in [0.25, 0.3) is 0 Å². The zero-order chi connectivity index (χ0) is 14.7. The highest BCUT2D eigenvalue weighted by Crippen LogP contribution is 2.30. The molecule has 2 rings (SSSR count). The Bertz CT molecular complexity index is 530. The van der Waals surface area contributed by atoms with Crippen LogP contribution in [0, 0.1) is 0 Å². The van der Waals surface area contributed by atoms with Crippen LogP contribution >= 0.6 is 0 Å². The van der Waals surface area contributed by atoms with E-state index >= 15 is 0 Å². The first-order chi connectivity index (χ1) is 9.56. The summed E-state index contributed by atoms with van der Waals surface area (Å²) >= 11 is 0. The number of likely N-dealkylation sites (N-methyl/N-ethyl adjacent to an activating group) is 1. The fourth-order valence-corrected chi connectivity index (χ4v) is 2.48. The number of aliphatic hydroxyl groups is 1. The van der Waals surface area contributed by atoms with E-state index in [2.05, 4.69) is 0 Å². The second-order valence-corrected chi connectivity index (χ2v) is 4.79. The Kier molecular flexibility index (Phi) is 4.24. The quantitative estimate of drug-likeness (QED) is 0.870. The van der Waals surface area contributed by atoms with E-state index in [-0.39, 0.29) is 24.7 Å². The first-order valence-corrected chi connectivity index (χ1v) is 6.55. The number of nitrogens with zero attached hydrogens (tertiary/aromatic N) is 2. The molecule has 1 aromatic carbocycles. The summed E-state index contributed by atoms with van der Waals surface area (Å²) in [4.78, 5) is 26.6. The van der Waals surface area contributed by atoms with Gasteiger partial charge in [-0.25, -0.2) is 9.59 Å². The van der Waals surface area contributed by atoms with E-state index in [1.807, 2.05) is 0 Å². The van der Waals surface area contributed by atoms with Crippen LogP contribution < -0.4 is 4.90 Å². The molecule has 6 nitrogen and oxygen atoms in total. The maximum absolute atomic E-state index is 12.3. The van der Waals surface area contributed by atoms with Crippen LogP contribution in [0.15, 0.2) is 18.2 Å². The third-order valence-electron chi connectivity index (χ3n) is 3.47. The molecule has 0 unspecified atom stereocenters. The SMILES string of the molecule is CN(CCO)C(=O)N1CCCc2c(C(=O)O)cccc21. The molecule has 0 aromatic heterocycles. The maximum Gasteiger partial charge on any atom is 0.336 e. The lowest BCUT2D eigenvalue weighted by atomic mass is 9.96. The van der Waals surface area contributed by atoms with Gasteiger partial charge in [0.1, 0.15) is 0 Å². The smallest absolute Gasteiger partial charge is 0.336 e. The molecule has 2 amide bonds. The van der Waals surface area contributed by atoms with Gasteiger partial charge in [-0.1, -0.05) is 6.07 Å². The molecule has 0 atom stereocenters. The molecule has 0 saturated carbocycles. The Hall–Kier alpha value is -2.08. The number of amides is 2. The molecule has 1 heterocycles. The number of hydrogen-bond donors (Lipinski definition) is 2. The lowest BCUT2D eigenvalue weighted by Crippen LogP contribution is -2.45. The van der Waals surface area contributed by atoms with Gasteiger partial charge in [0.05, 0.1) is 12.2 Å². The molecule has 1 aromatic rings. The highest BCUT2D eigenvalue weighted by molar-refractivity contribution is 5.97. The highest BCUT2D eigenvalue weighted by atomic mass is 16.4. The minimum absolute atomic E-state index is 0.0991. The number of carboxylic acid groups (broad SMARTS) is 1. The van der Waals surface area contributed by atoms with Crippen molar-refractivity contribution in [1.82, 2.24) is 4.90 Å². The molecule has 0 fully saturated rings. The highest BCUT2D eigenvalue weighted by Gasteiger charge is 2.27. The fourth-order valence-electron chi connectivity index (χ4n) is 2.48. The Morgan fingerprint density at radius 3 is 2.80 bits per heavy atom. The molecule has 2 N–H and O–H groups in total. The Labute approximate surface area is 117 Å². The van der Waals surface area contributed by atoms with Gasteiger partial charge in [0.2, 0.25) is 0 Å². The van der Waals surface area contributed by atoms with Gasteiger partial charge >= 0.3 is 12.0 Å². The zero-order valence-corrected chi connectivity index (χ0v) is 11.4. The van der Waals surface area contributed by atoms with Crippen molar-refractivity contribution >= 4 is 17.7 Å². The Morgan fingerprint density at radius 1 is 1.40 bits per heavy atom. The summed E-state index contributed by atoms with van der Waals surface area (Å²) in [6.07, 6.45) is 1.39. The third-order valence-corrected chi connectivity index (χ3v) is 3.47. The first kappa shape index (κ1) is 14.3. The first-order valence-electron chi connectivity index (χ1n) is 6.55. The van der Waals surface area contributed by atoms with Gasteiger partial charge in [0, 0.05) is 25.8 Å². The van der Waals surface area contributed by atoms with Gasteiger partial charge < -0.3 is 15.1 Å². The van der Waals surface area contributed by atoms with Crippen molar-refractivity contribution in [2.24, 2.45) is 0 Å². The van der Waals surface area contributed by atoms with Crippen molar-refractivity contribution in [1.29, 1.82) is 0 Å². The van der Waals surface area contributed by atoms with E-state index in [1.165, 1.54) is 4.90 Å². The van der Waals surface area contributed by atoms with Crippen LogP contribution in [0.3, 0.4) is 0 Å². The van der Waals surface area contributed by atoms with Gasteiger partial charge in [-0.05, 0) is 30.5 Å². The van der Waals surface area contributed by atoms with Crippen molar-refractivity contribution in [2.75, 3.05) is 31.6 Å². The maximum atomic E-state index is 12.3. The number of carbonyl (C=O) groups excluding carboxylic acids is 1. The van der Waals surface area contributed by atoms with Gasteiger partial charge in [-0.3, -0.25) is 4.90 Å². The number of rotatable bonds is 3. The summed E-state index contributed by atoms with van der Waals surface area (Å²) in [5, 5.41) is 18.1.